The number of Topliss-reactive ketones (excluding diaryl/α,β-unsaturated/α-hetero) is 1. The Bertz CT molecular complexity index is 695. The lowest BCUT2D eigenvalue weighted by Gasteiger charge is -2.15. The van der Waals surface area contributed by atoms with E-state index < -0.39 is 0 Å². The second-order valence-corrected chi connectivity index (χ2v) is 6.12. The van der Waals surface area contributed by atoms with Gasteiger partial charge in [-0.15, -0.1) is 0 Å². The number of benzene rings is 1. The molecular weight excluding hydrogens is 312 g/mol. The lowest BCUT2D eigenvalue weighted by atomic mass is 9.92. The maximum Gasteiger partial charge on any atom is 0.313 e. The van der Waals surface area contributed by atoms with E-state index in [0.29, 0.717) is 24.2 Å². The molecule has 0 spiro atoms. The number of carbonyl (C=O) groups excluding carboxylic acids is 2. The molecule has 0 amide bonds. The Kier molecular flexibility index (Phi) is 7.39. The highest BCUT2D eigenvalue weighted by atomic mass is 16.5. The maximum absolute atomic E-state index is 12.7. The molecule has 1 atom stereocenters. The van der Waals surface area contributed by atoms with Crippen LogP contribution in [0.3, 0.4) is 0 Å². The molecule has 1 aromatic rings. The molecule has 0 heterocycles. The van der Waals surface area contributed by atoms with E-state index in [1.165, 1.54) is 0 Å². The van der Waals surface area contributed by atoms with E-state index in [9.17, 15) is 9.59 Å². The standard InChI is InChI=1S/C22H26O3/c1-3-5-15-25-22(24)20(4-2)18-13-10-14-19(16-18)21(23)17-11-8-6-7-9-12-17/h6-8,10-14,16,20H,3-5,9,15H2,1-2H3. The van der Waals surface area contributed by atoms with Crippen molar-refractivity contribution in [2.24, 2.45) is 0 Å². The zero-order valence-electron chi connectivity index (χ0n) is 15.0. The molecule has 1 aromatic carbocycles. The predicted molar refractivity (Wildman–Crippen MR) is 101 cm³/mol. The van der Waals surface area contributed by atoms with Crippen molar-refractivity contribution in [3.63, 3.8) is 0 Å². The van der Waals surface area contributed by atoms with Crippen LogP contribution < -0.4 is 0 Å². The Balaban J connectivity index is 2.17. The Hall–Kier alpha value is -2.42. The normalized spacial score (nSPS) is 14.6. The van der Waals surface area contributed by atoms with E-state index in [-0.39, 0.29) is 17.7 Å². The molecule has 0 saturated heterocycles. The number of hydrogen-bond donors (Lipinski definition) is 0. The van der Waals surface area contributed by atoms with Crippen LogP contribution in [-0.2, 0) is 9.53 Å². The minimum absolute atomic E-state index is 0.0176. The summed E-state index contributed by atoms with van der Waals surface area (Å²) in [7, 11) is 0. The van der Waals surface area contributed by atoms with Crippen LogP contribution >= 0.6 is 0 Å². The van der Waals surface area contributed by atoms with Gasteiger partial charge >= 0.3 is 5.97 Å². The van der Waals surface area contributed by atoms with E-state index >= 15 is 0 Å². The maximum atomic E-state index is 12.7. The van der Waals surface area contributed by atoms with Crippen LogP contribution in [0.4, 0.5) is 0 Å². The van der Waals surface area contributed by atoms with Gasteiger partial charge in [-0.05, 0) is 30.9 Å². The Morgan fingerprint density at radius 2 is 2.04 bits per heavy atom. The van der Waals surface area contributed by atoms with Gasteiger partial charge in [-0.3, -0.25) is 9.59 Å². The summed E-state index contributed by atoms with van der Waals surface area (Å²) in [5.41, 5.74) is 2.13. The van der Waals surface area contributed by atoms with Crippen LogP contribution in [0, 0.1) is 0 Å². The van der Waals surface area contributed by atoms with Crippen molar-refractivity contribution in [2.75, 3.05) is 6.61 Å². The monoisotopic (exact) mass is 338 g/mol. The summed E-state index contributed by atoms with van der Waals surface area (Å²) in [5.74, 6) is -0.556. The quantitative estimate of drug-likeness (QED) is 0.374. The van der Waals surface area contributed by atoms with Crippen LogP contribution in [0.25, 0.3) is 0 Å². The minimum atomic E-state index is -0.329. The molecule has 25 heavy (non-hydrogen) atoms. The highest BCUT2D eigenvalue weighted by Gasteiger charge is 2.21. The first-order valence-corrected chi connectivity index (χ1v) is 9.02. The molecule has 2 rings (SSSR count). The summed E-state index contributed by atoms with van der Waals surface area (Å²) in [5, 5.41) is 0. The molecule has 1 unspecified atom stereocenters. The number of hydrogen-bond acceptors (Lipinski definition) is 3. The first kappa shape index (κ1) is 18.9. The van der Waals surface area contributed by atoms with Gasteiger partial charge in [-0.2, -0.15) is 0 Å². The van der Waals surface area contributed by atoms with Crippen LogP contribution in [-0.4, -0.2) is 18.4 Å². The third-order valence-electron chi connectivity index (χ3n) is 4.25. The van der Waals surface area contributed by atoms with E-state index in [0.717, 1.165) is 24.8 Å². The largest absolute Gasteiger partial charge is 0.465 e. The van der Waals surface area contributed by atoms with Crippen LogP contribution in [0.5, 0.6) is 0 Å². The Morgan fingerprint density at radius 1 is 1.20 bits per heavy atom. The molecule has 0 aliphatic heterocycles. The van der Waals surface area contributed by atoms with Gasteiger partial charge in [0, 0.05) is 11.1 Å². The van der Waals surface area contributed by atoms with Gasteiger partial charge in [0.2, 0.25) is 0 Å². The average Bonchev–Trinajstić information content (AvgIpc) is 2.91. The molecule has 1 aliphatic carbocycles. The molecule has 0 radical (unpaired) electrons. The van der Waals surface area contributed by atoms with Gasteiger partial charge in [0.1, 0.15) is 0 Å². The fourth-order valence-electron chi connectivity index (χ4n) is 2.77. The summed E-state index contributed by atoms with van der Waals surface area (Å²) in [4.78, 5) is 25.1. The summed E-state index contributed by atoms with van der Waals surface area (Å²) >= 11 is 0. The fraction of sp³-hybridized carbons (Fsp3) is 0.364. The lowest BCUT2D eigenvalue weighted by Crippen LogP contribution is -2.16. The fourth-order valence-corrected chi connectivity index (χ4v) is 2.77. The highest BCUT2D eigenvalue weighted by molar-refractivity contribution is 6.10. The van der Waals surface area contributed by atoms with Gasteiger partial charge in [0.25, 0.3) is 0 Å². The minimum Gasteiger partial charge on any atom is -0.465 e. The zero-order valence-corrected chi connectivity index (χ0v) is 15.0. The molecule has 1 aliphatic rings. The predicted octanol–water partition coefficient (Wildman–Crippen LogP) is 5.15. The van der Waals surface area contributed by atoms with E-state index in [1.807, 2.05) is 55.5 Å². The molecule has 3 nitrogen and oxygen atoms in total. The molecule has 0 N–H and O–H groups in total. The second-order valence-electron chi connectivity index (χ2n) is 6.12. The number of allylic oxidation sites excluding steroid dienone is 6. The van der Waals surface area contributed by atoms with Crippen molar-refractivity contribution in [3.8, 4) is 0 Å². The number of ether oxygens (including phenoxy) is 1. The van der Waals surface area contributed by atoms with Gasteiger partial charge < -0.3 is 4.74 Å². The summed E-state index contributed by atoms with van der Waals surface area (Å²) in [6.07, 6.45) is 12.8. The van der Waals surface area contributed by atoms with Crippen molar-refractivity contribution in [2.45, 2.75) is 45.4 Å². The van der Waals surface area contributed by atoms with Crippen LogP contribution in [0.2, 0.25) is 0 Å². The summed E-state index contributed by atoms with van der Waals surface area (Å²) in [6, 6.07) is 7.35. The Labute approximate surface area is 150 Å². The number of esters is 1. The molecule has 3 heteroatoms. The van der Waals surface area contributed by atoms with Gasteiger partial charge in [-0.25, -0.2) is 0 Å². The van der Waals surface area contributed by atoms with Gasteiger partial charge in [0.05, 0.1) is 12.5 Å². The highest BCUT2D eigenvalue weighted by Crippen LogP contribution is 2.24. The summed E-state index contributed by atoms with van der Waals surface area (Å²) < 4.78 is 5.37. The molecular formula is C22H26O3. The number of rotatable bonds is 8. The third-order valence-corrected chi connectivity index (χ3v) is 4.25. The zero-order chi connectivity index (χ0) is 18.1. The van der Waals surface area contributed by atoms with Crippen molar-refractivity contribution in [3.05, 3.63) is 71.3 Å². The van der Waals surface area contributed by atoms with E-state index in [4.69, 9.17) is 4.74 Å². The molecule has 0 fully saturated rings. The number of unbranched alkanes of at least 4 members (excludes halogenated alkanes) is 1. The second kappa shape index (κ2) is 9.77. The van der Waals surface area contributed by atoms with Crippen molar-refractivity contribution in [1.29, 1.82) is 0 Å². The SMILES string of the molecule is CCCCOC(=O)C(CC)c1cccc(C(=O)C2=CCC=CC=C2)c1. The first-order valence-electron chi connectivity index (χ1n) is 9.02. The molecule has 0 aromatic heterocycles. The van der Waals surface area contributed by atoms with Gasteiger partial charge in [-0.1, -0.05) is 68.8 Å². The third kappa shape index (κ3) is 5.28. The number of carbonyl (C=O) groups is 2. The van der Waals surface area contributed by atoms with Crippen molar-refractivity contribution >= 4 is 11.8 Å². The first-order chi connectivity index (χ1) is 12.2. The van der Waals surface area contributed by atoms with Crippen molar-refractivity contribution < 1.29 is 14.3 Å². The average molecular weight is 338 g/mol. The molecule has 0 saturated carbocycles. The summed E-state index contributed by atoms with van der Waals surface area (Å²) in [6.45, 7) is 4.48. The van der Waals surface area contributed by atoms with E-state index in [1.54, 1.807) is 6.07 Å². The topological polar surface area (TPSA) is 43.4 Å². The Morgan fingerprint density at radius 3 is 2.80 bits per heavy atom. The smallest absolute Gasteiger partial charge is 0.313 e. The van der Waals surface area contributed by atoms with Gasteiger partial charge in [0.15, 0.2) is 5.78 Å². The lowest BCUT2D eigenvalue weighted by molar-refractivity contribution is -0.145. The number of ketones is 1. The van der Waals surface area contributed by atoms with E-state index in [2.05, 4.69) is 6.92 Å². The van der Waals surface area contributed by atoms with Crippen LogP contribution in [0.15, 0.2) is 60.2 Å². The van der Waals surface area contributed by atoms with Crippen molar-refractivity contribution in [1.82, 2.24) is 0 Å². The molecule has 0 bridgehead atoms. The van der Waals surface area contributed by atoms with Crippen LogP contribution in [0.1, 0.15) is 61.4 Å². The molecule has 132 valence electrons.